The number of carbonyl (C=O) groups excluding carboxylic acids is 1. The van der Waals surface area contributed by atoms with Crippen LogP contribution in [0.1, 0.15) is 24.1 Å². The summed E-state index contributed by atoms with van der Waals surface area (Å²) in [6, 6.07) is 18.1. The number of amides is 2. The lowest BCUT2D eigenvalue weighted by Crippen LogP contribution is -2.31. The number of pyridine rings is 1. The predicted octanol–water partition coefficient (Wildman–Crippen LogP) is 4.38. The summed E-state index contributed by atoms with van der Waals surface area (Å²) in [5.74, 6) is 2.52. The van der Waals surface area contributed by atoms with Crippen molar-refractivity contribution < 1.29 is 19.0 Å². The Morgan fingerprint density at radius 1 is 1.08 bits per heavy atom. The molecule has 2 N–H and O–H groups in total. The van der Waals surface area contributed by atoms with Crippen LogP contribution in [-0.2, 0) is 6.61 Å². The number of fused-ring (bicyclic) bond motifs is 2. The normalized spacial score (nSPS) is 12.8. The highest BCUT2D eigenvalue weighted by Crippen LogP contribution is 2.34. The number of hydrogen-bond donors (Lipinski definition) is 2. The van der Waals surface area contributed by atoms with Gasteiger partial charge in [0.1, 0.15) is 12.4 Å². The van der Waals surface area contributed by atoms with Gasteiger partial charge in [-0.15, -0.1) is 5.10 Å². The molecule has 0 aliphatic carbocycles. The second kappa shape index (κ2) is 10.1. The first-order chi connectivity index (χ1) is 18.6. The summed E-state index contributed by atoms with van der Waals surface area (Å²) >= 11 is 0. The molecule has 0 saturated carbocycles. The van der Waals surface area contributed by atoms with Crippen molar-refractivity contribution in [3.63, 3.8) is 0 Å². The van der Waals surface area contributed by atoms with Crippen molar-refractivity contribution in [2.75, 3.05) is 12.1 Å². The molecule has 1 aliphatic rings. The van der Waals surface area contributed by atoms with Gasteiger partial charge in [0.2, 0.25) is 6.79 Å². The Kier molecular flexibility index (Phi) is 6.14. The molecule has 2 amide bonds. The average Bonchev–Trinajstić information content (AvgIpc) is 3.58. The minimum atomic E-state index is -0.446. The number of benzene rings is 2. The lowest BCUT2D eigenvalue weighted by atomic mass is 10.1. The molecule has 0 unspecified atom stereocenters. The van der Waals surface area contributed by atoms with Crippen LogP contribution >= 0.6 is 0 Å². The minimum absolute atomic E-state index is 0.129. The zero-order chi connectivity index (χ0) is 25.9. The number of anilines is 1. The summed E-state index contributed by atoms with van der Waals surface area (Å²) in [5.41, 5.74) is 3.46. The second-order valence-electron chi connectivity index (χ2n) is 8.59. The maximum absolute atomic E-state index is 12.7. The quantitative estimate of drug-likeness (QED) is 0.331. The largest absolute Gasteiger partial charge is 0.489 e. The monoisotopic (exact) mass is 509 g/mol. The van der Waals surface area contributed by atoms with Gasteiger partial charge in [0.05, 0.1) is 11.7 Å². The van der Waals surface area contributed by atoms with Crippen LogP contribution in [0, 0.1) is 0 Å². The number of nitrogens with one attached hydrogen (secondary N) is 2. The fourth-order valence-electron chi connectivity index (χ4n) is 4.06. The summed E-state index contributed by atoms with van der Waals surface area (Å²) in [7, 11) is 0. The van der Waals surface area contributed by atoms with Crippen molar-refractivity contribution >= 4 is 17.8 Å². The summed E-state index contributed by atoms with van der Waals surface area (Å²) in [6.45, 7) is 2.47. The Morgan fingerprint density at radius 3 is 2.89 bits per heavy atom. The Morgan fingerprint density at radius 2 is 2.00 bits per heavy atom. The molecule has 6 rings (SSSR count). The molecule has 11 nitrogen and oxygen atoms in total. The molecule has 1 atom stereocenters. The molecule has 4 heterocycles. The van der Waals surface area contributed by atoms with Crippen molar-refractivity contribution in [1.29, 1.82) is 0 Å². The zero-order valence-corrected chi connectivity index (χ0v) is 20.4. The van der Waals surface area contributed by atoms with Gasteiger partial charge in [-0.1, -0.05) is 24.3 Å². The second-order valence-corrected chi connectivity index (χ2v) is 8.59. The molecular weight excluding hydrogens is 486 g/mol. The molecule has 0 radical (unpaired) electrons. The van der Waals surface area contributed by atoms with E-state index in [1.54, 1.807) is 23.1 Å². The highest BCUT2D eigenvalue weighted by Gasteiger charge is 2.18. The van der Waals surface area contributed by atoms with E-state index in [0.29, 0.717) is 29.6 Å². The number of ether oxygens (including phenoxy) is 3. The Bertz CT molecular complexity index is 1610. The van der Waals surface area contributed by atoms with Crippen molar-refractivity contribution in [2.45, 2.75) is 19.6 Å². The van der Waals surface area contributed by atoms with Crippen molar-refractivity contribution in [3.8, 4) is 28.5 Å². The number of carbonyl (C=O) groups is 1. The number of nitrogens with zero attached hydrogens (tertiary/aromatic N) is 5. The van der Waals surface area contributed by atoms with E-state index in [-0.39, 0.29) is 18.8 Å². The van der Waals surface area contributed by atoms with E-state index in [1.807, 2.05) is 67.6 Å². The topological polar surface area (TPSA) is 125 Å². The Labute approximate surface area is 217 Å². The molecule has 38 heavy (non-hydrogen) atoms. The first-order valence-electron chi connectivity index (χ1n) is 11.9. The van der Waals surface area contributed by atoms with Crippen LogP contribution in [-0.4, -0.2) is 37.4 Å². The molecule has 0 fully saturated rings. The standard InChI is InChI=1S/C27H23N7O4/c1-17(19-7-8-23-24(13-19)38-16-37-23)30-27(35)32-25-31-26-29-11-9-22(34(26)33-25)20-5-2-6-21(12-20)36-15-18-4-3-10-28-14-18/h2-14,17H,15-16H2,1H3,(H2,30,32,33,35)/t17-/m0/s1. The third kappa shape index (κ3) is 4.89. The van der Waals surface area contributed by atoms with Crippen molar-refractivity contribution in [1.82, 2.24) is 29.9 Å². The first kappa shape index (κ1) is 23.2. The Balaban J connectivity index is 1.16. The zero-order valence-electron chi connectivity index (χ0n) is 20.4. The molecule has 190 valence electrons. The van der Waals surface area contributed by atoms with E-state index in [1.165, 1.54) is 0 Å². The molecule has 2 aromatic carbocycles. The van der Waals surface area contributed by atoms with Crippen LogP contribution in [0.2, 0.25) is 0 Å². The number of hydrogen-bond acceptors (Lipinski definition) is 8. The van der Waals surface area contributed by atoms with Gasteiger partial charge in [0, 0.05) is 29.7 Å². The van der Waals surface area contributed by atoms with Gasteiger partial charge in [-0.3, -0.25) is 10.3 Å². The molecule has 3 aromatic heterocycles. The minimum Gasteiger partial charge on any atom is -0.489 e. The smallest absolute Gasteiger partial charge is 0.322 e. The third-order valence-corrected chi connectivity index (χ3v) is 5.97. The highest BCUT2D eigenvalue weighted by atomic mass is 16.7. The molecule has 0 bridgehead atoms. The SMILES string of the molecule is C[C@H](NC(=O)Nc1nc2nccc(-c3cccc(OCc4cccnc4)c3)n2n1)c1ccc2c(c1)OCO2. The number of aromatic nitrogens is 5. The van der Waals surface area contributed by atoms with Gasteiger partial charge < -0.3 is 19.5 Å². The number of urea groups is 1. The fraction of sp³-hybridized carbons (Fsp3) is 0.148. The predicted molar refractivity (Wildman–Crippen MR) is 138 cm³/mol. The van der Waals surface area contributed by atoms with Gasteiger partial charge >= 0.3 is 6.03 Å². The summed E-state index contributed by atoms with van der Waals surface area (Å²) < 4.78 is 18.3. The van der Waals surface area contributed by atoms with E-state index < -0.39 is 6.03 Å². The molecule has 11 heteroatoms. The maximum Gasteiger partial charge on any atom is 0.322 e. The average molecular weight is 510 g/mol. The van der Waals surface area contributed by atoms with Gasteiger partial charge in [-0.05, 0) is 48.9 Å². The summed E-state index contributed by atoms with van der Waals surface area (Å²) in [6.07, 6.45) is 5.14. The van der Waals surface area contributed by atoms with Crippen LogP contribution in [0.15, 0.2) is 79.3 Å². The molecular formula is C27H23N7O4. The van der Waals surface area contributed by atoms with Gasteiger partial charge in [-0.25, -0.2) is 9.78 Å². The highest BCUT2D eigenvalue weighted by molar-refractivity contribution is 5.87. The van der Waals surface area contributed by atoms with Gasteiger partial charge in [-0.2, -0.15) is 9.50 Å². The van der Waals surface area contributed by atoms with Crippen LogP contribution in [0.3, 0.4) is 0 Å². The van der Waals surface area contributed by atoms with Crippen LogP contribution in [0.25, 0.3) is 17.0 Å². The van der Waals surface area contributed by atoms with Crippen LogP contribution in [0.5, 0.6) is 17.2 Å². The van der Waals surface area contributed by atoms with Crippen molar-refractivity contribution in [2.24, 2.45) is 0 Å². The molecule has 1 aliphatic heterocycles. The first-order valence-corrected chi connectivity index (χ1v) is 11.9. The van der Waals surface area contributed by atoms with Crippen LogP contribution in [0.4, 0.5) is 10.7 Å². The molecule has 0 saturated heterocycles. The lowest BCUT2D eigenvalue weighted by Gasteiger charge is -2.14. The molecule has 0 spiro atoms. The van der Waals surface area contributed by atoms with Gasteiger partial charge in [0.25, 0.3) is 11.7 Å². The van der Waals surface area contributed by atoms with Crippen molar-refractivity contribution in [3.05, 3.63) is 90.4 Å². The van der Waals surface area contributed by atoms with E-state index >= 15 is 0 Å². The lowest BCUT2D eigenvalue weighted by molar-refractivity contribution is 0.174. The van der Waals surface area contributed by atoms with Gasteiger partial charge in [0.15, 0.2) is 11.5 Å². The van der Waals surface area contributed by atoms with E-state index in [0.717, 1.165) is 22.4 Å². The van der Waals surface area contributed by atoms with E-state index in [2.05, 4.69) is 30.7 Å². The number of rotatable bonds is 7. The summed E-state index contributed by atoms with van der Waals surface area (Å²) in [5, 5.41) is 10.0. The third-order valence-electron chi connectivity index (χ3n) is 5.97. The maximum atomic E-state index is 12.7. The Hall–Kier alpha value is -5.19. The fourth-order valence-corrected chi connectivity index (χ4v) is 4.06. The summed E-state index contributed by atoms with van der Waals surface area (Å²) in [4.78, 5) is 25.4. The van der Waals surface area contributed by atoms with E-state index in [4.69, 9.17) is 14.2 Å². The molecule has 5 aromatic rings. The van der Waals surface area contributed by atoms with Crippen LogP contribution < -0.4 is 24.8 Å². The van der Waals surface area contributed by atoms with E-state index in [9.17, 15) is 4.79 Å².